The largest absolute Gasteiger partial charge is 0.356 e. The van der Waals surface area contributed by atoms with E-state index in [2.05, 4.69) is 58.7 Å². The van der Waals surface area contributed by atoms with Gasteiger partial charge in [-0.15, -0.1) is 24.0 Å². The molecule has 2 aromatic rings. The lowest BCUT2D eigenvalue weighted by Crippen LogP contribution is -2.38. The molecule has 1 atom stereocenters. The van der Waals surface area contributed by atoms with E-state index in [0.29, 0.717) is 12.5 Å². The first-order valence-corrected chi connectivity index (χ1v) is 8.02. The highest BCUT2D eigenvalue weighted by Gasteiger charge is 2.06. The van der Waals surface area contributed by atoms with E-state index in [-0.39, 0.29) is 24.0 Å². The monoisotopic (exact) mass is 438 g/mol. The molecule has 5 heteroatoms. The first-order valence-electron chi connectivity index (χ1n) is 8.02. The molecule has 2 N–H and O–H groups in total. The number of halogens is 1. The average molecular weight is 438 g/mol. The lowest BCUT2D eigenvalue weighted by atomic mass is 10.0. The van der Waals surface area contributed by atoms with Gasteiger partial charge in [-0.25, -0.2) is 0 Å². The second-order valence-electron chi connectivity index (χ2n) is 5.89. The molecule has 0 radical (unpaired) electrons. The molecule has 0 saturated carbocycles. The Bertz CT molecular complexity index is 653. The number of rotatable bonds is 5. The van der Waals surface area contributed by atoms with Gasteiger partial charge in [-0.2, -0.15) is 0 Å². The summed E-state index contributed by atoms with van der Waals surface area (Å²) in [6, 6.07) is 14.7. The van der Waals surface area contributed by atoms with Crippen molar-refractivity contribution in [3.05, 3.63) is 65.0 Å². The molecule has 0 aliphatic heterocycles. The normalized spacial score (nSPS) is 12.2. The first kappa shape index (κ1) is 20.4. The van der Waals surface area contributed by atoms with Gasteiger partial charge >= 0.3 is 0 Å². The molecule has 0 spiro atoms. The summed E-state index contributed by atoms with van der Waals surface area (Å²) in [5.41, 5.74) is 4.66. The molecular formula is C19H27IN4. The summed E-state index contributed by atoms with van der Waals surface area (Å²) in [5, 5.41) is 6.68. The number of guanidine groups is 1. The van der Waals surface area contributed by atoms with E-state index >= 15 is 0 Å². The number of pyridine rings is 1. The third kappa shape index (κ3) is 6.47. The van der Waals surface area contributed by atoms with Crippen LogP contribution in [0.25, 0.3) is 0 Å². The second kappa shape index (κ2) is 10.3. The smallest absolute Gasteiger partial charge is 0.191 e. The van der Waals surface area contributed by atoms with E-state index in [1.54, 1.807) is 7.05 Å². The molecule has 0 aliphatic carbocycles. The molecule has 24 heavy (non-hydrogen) atoms. The van der Waals surface area contributed by atoms with E-state index in [1.807, 2.05) is 25.1 Å². The van der Waals surface area contributed by atoms with Crippen LogP contribution >= 0.6 is 24.0 Å². The fourth-order valence-corrected chi connectivity index (χ4v) is 2.36. The van der Waals surface area contributed by atoms with E-state index in [0.717, 1.165) is 23.9 Å². The number of hydrogen-bond donors (Lipinski definition) is 2. The molecule has 0 fully saturated rings. The number of aromatic nitrogens is 1. The maximum Gasteiger partial charge on any atom is 0.191 e. The van der Waals surface area contributed by atoms with Crippen LogP contribution < -0.4 is 10.6 Å². The van der Waals surface area contributed by atoms with Gasteiger partial charge < -0.3 is 10.6 Å². The predicted molar refractivity (Wildman–Crippen MR) is 112 cm³/mol. The van der Waals surface area contributed by atoms with Crippen molar-refractivity contribution in [1.29, 1.82) is 0 Å². The van der Waals surface area contributed by atoms with Gasteiger partial charge in [-0.1, -0.05) is 42.8 Å². The Morgan fingerprint density at radius 2 is 1.79 bits per heavy atom. The molecule has 130 valence electrons. The molecule has 1 aromatic carbocycles. The Morgan fingerprint density at radius 1 is 1.08 bits per heavy atom. The van der Waals surface area contributed by atoms with Crippen LogP contribution in [0.1, 0.15) is 35.4 Å². The van der Waals surface area contributed by atoms with E-state index < -0.39 is 0 Å². The fourth-order valence-electron chi connectivity index (χ4n) is 2.36. The third-order valence-corrected chi connectivity index (χ3v) is 3.83. The summed E-state index contributed by atoms with van der Waals surface area (Å²) in [7, 11) is 1.79. The first-order chi connectivity index (χ1) is 11.1. The van der Waals surface area contributed by atoms with Crippen molar-refractivity contribution in [2.75, 3.05) is 13.6 Å². The zero-order valence-corrected chi connectivity index (χ0v) is 17.2. The van der Waals surface area contributed by atoms with Gasteiger partial charge in [-0.05, 0) is 37.5 Å². The van der Waals surface area contributed by atoms with Gasteiger partial charge in [0.2, 0.25) is 0 Å². The van der Waals surface area contributed by atoms with Crippen molar-refractivity contribution in [2.45, 2.75) is 33.2 Å². The van der Waals surface area contributed by atoms with Crippen LogP contribution in [0.2, 0.25) is 0 Å². The quantitative estimate of drug-likeness (QED) is 0.425. The topological polar surface area (TPSA) is 49.3 Å². The van der Waals surface area contributed by atoms with Gasteiger partial charge in [0.1, 0.15) is 0 Å². The van der Waals surface area contributed by atoms with Gasteiger partial charge in [-0.3, -0.25) is 9.98 Å². The highest BCUT2D eigenvalue weighted by Crippen LogP contribution is 2.14. The minimum Gasteiger partial charge on any atom is -0.356 e. The van der Waals surface area contributed by atoms with E-state index in [4.69, 9.17) is 0 Å². The van der Waals surface area contributed by atoms with Gasteiger partial charge in [0.15, 0.2) is 5.96 Å². The zero-order chi connectivity index (χ0) is 16.7. The summed E-state index contributed by atoms with van der Waals surface area (Å²) in [5.74, 6) is 1.22. The van der Waals surface area contributed by atoms with Crippen molar-refractivity contribution in [2.24, 2.45) is 4.99 Å². The van der Waals surface area contributed by atoms with Crippen LogP contribution in [0.15, 0.2) is 47.5 Å². The maximum absolute atomic E-state index is 4.49. The predicted octanol–water partition coefficient (Wildman–Crippen LogP) is 3.79. The second-order valence-corrected chi connectivity index (χ2v) is 5.89. The highest BCUT2D eigenvalue weighted by atomic mass is 127. The molecule has 4 nitrogen and oxygen atoms in total. The minimum atomic E-state index is 0. The van der Waals surface area contributed by atoms with Gasteiger partial charge in [0.25, 0.3) is 0 Å². The molecule has 1 unspecified atom stereocenters. The minimum absolute atomic E-state index is 0. The Kier molecular flexibility index (Phi) is 8.74. The van der Waals surface area contributed by atoms with Crippen molar-refractivity contribution >= 4 is 29.9 Å². The fraction of sp³-hybridized carbons (Fsp3) is 0.368. The summed E-state index contributed by atoms with van der Waals surface area (Å²) >= 11 is 0. The van der Waals surface area contributed by atoms with Crippen molar-refractivity contribution < 1.29 is 0 Å². The Morgan fingerprint density at radius 3 is 2.42 bits per heavy atom. The number of aliphatic imine (C=N–C) groups is 1. The molecule has 2 rings (SSSR count). The highest BCUT2D eigenvalue weighted by molar-refractivity contribution is 14.0. The van der Waals surface area contributed by atoms with Crippen LogP contribution in [0.5, 0.6) is 0 Å². The molecule has 0 aliphatic rings. The summed E-state index contributed by atoms with van der Waals surface area (Å²) in [4.78, 5) is 8.76. The zero-order valence-electron chi connectivity index (χ0n) is 14.8. The van der Waals surface area contributed by atoms with Crippen molar-refractivity contribution in [3.8, 4) is 0 Å². The molecule has 0 saturated heterocycles. The van der Waals surface area contributed by atoms with Crippen LogP contribution in [0, 0.1) is 13.8 Å². The summed E-state index contributed by atoms with van der Waals surface area (Å²) in [6.07, 6.45) is 0. The Balaban J connectivity index is 0.00000288. The van der Waals surface area contributed by atoms with Crippen LogP contribution in [0.4, 0.5) is 0 Å². The van der Waals surface area contributed by atoms with Crippen molar-refractivity contribution in [1.82, 2.24) is 15.6 Å². The molecule has 1 heterocycles. The van der Waals surface area contributed by atoms with Gasteiger partial charge in [0.05, 0.1) is 12.2 Å². The summed E-state index contributed by atoms with van der Waals surface area (Å²) < 4.78 is 0. The number of nitrogens with zero attached hydrogens (tertiary/aromatic N) is 2. The van der Waals surface area contributed by atoms with E-state index in [9.17, 15) is 0 Å². The van der Waals surface area contributed by atoms with Gasteiger partial charge in [0, 0.05) is 19.3 Å². The lowest BCUT2D eigenvalue weighted by molar-refractivity contribution is 0.696. The Hall–Kier alpha value is -1.63. The lowest BCUT2D eigenvalue weighted by Gasteiger charge is -2.16. The molecule has 1 aromatic heterocycles. The SMILES string of the molecule is CN=C(NCc1cccc(C)n1)NCC(C)c1ccc(C)cc1.I. The average Bonchev–Trinajstić information content (AvgIpc) is 2.55. The van der Waals surface area contributed by atoms with Crippen LogP contribution in [-0.4, -0.2) is 24.5 Å². The van der Waals surface area contributed by atoms with Crippen LogP contribution in [-0.2, 0) is 6.54 Å². The Labute approximate surface area is 162 Å². The third-order valence-electron chi connectivity index (χ3n) is 3.83. The van der Waals surface area contributed by atoms with E-state index in [1.165, 1.54) is 11.1 Å². The standard InChI is InChI=1S/C19H26N4.HI/c1-14-8-10-17(11-9-14)15(2)12-21-19(20-4)22-13-18-7-5-6-16(3)23-18;/h5-11,15H,12-13H2,1-4H3,(H2,20,21,22);1H. The number of benzene rings is 1. The number of hydrogen-bond acceptors (Lipinski definition) is 2. The summed E-state index contributed by atoms with van der Waals surface area (Å²) in [6.45, 7) is 7.83. The molecular weight excluding hydrogens is 411 g/mol. The van der Waals surface area contributed by atoms with Crippen LogP contribution in [0.3, 0.4) is 0 Å². The maximum atomic E-state index is 4.49. The number of aryl methyl sites for hydroxylation is 2. The molecule has 0 bridgehead atoms. The number of nitrogens with one attached hydrogen (secondary N) is 2. The molecule has 0 amide bonds. The van der Waals surface area contributed by atoms with Crippen molar-refractivity contribution in [3.63, 3.8) is 0 Å².